The lowest BCUT2D eigenvalue weighted by molar-refractivity contribution is 0.0998. The molecule has 142 valence electrons. The number of thiazole rings is 1. The number of hydrogen-bond donors (Lipinski definition) is 1. The van der Waals surface area contributed by atoms with Crippen molar-refractivity contribution in [3.8, 4) is 5.75 Å². The molecule has 0 aliphatic rings. The first-order valence-corrected chi connectivity index (χ1v) is 10.5. The Kier molecular flexibility index (Phi) is 5.36. The second kappa shape index (κ2) is 8.08. The molecule has 0 aliphatic heterocycles. The number of para-hydroxylation sites is 1. The quantitative estimate of drug-likeness (QED) is 0.410. The number of thioether (sulfide) groups is 1. The zero-order chi connectivity index (χ0) is 19.5. The van der Waals surface area contributed by atoms with Crippen molar-refractivity contribution in [3.05, 3.63) is 70.9 Å². The number of amides is 1. The van der Waals surface area contributed by atoms with Crippen LogP contribution in [-0.2, 0) is 5.75 Å². The second-order valence-electron chi connectivity index (χ2n) is 6.14. The normalized spacial score (nSPS) is 10.9. The first kappa shape index (κ1) is 18.6. The molecule has 0 saturated heterocycles. The third kappa shape index (κ3) is 3.90. The van der Waals surface area contributed by atoms with Crippen molar-refractivity contribution in [2.45, 2.75) is 17.0 Å². The zero-order valence-electron chi connectivity index (χ0n) is 15.4. The highest BCUT2D eigenvalue weighted by Crippen LogP contribution is 2.33. The number of nitrogens with zero attached hydrogens (tertiary/aromatic N) is 1. The third-order valence-electron chi connectivity index (χ3n) is 4.17. The van der Waals surface area contributed by atoms with Gasteiger partial charge in [0.15, 0.2) is 5.76 Å². The molecular formula is C21H18N2O3S2. The fourth-order valence-corrected chi connectivity index (χ4v) is 4.72. The molecule has 0 radical (unpaired) electrons. The van der Waals surface area contributed by atoms with Crippen LogP contribution in [0.1, 0.15) is 21.8 Å². The summed E-state index contributed by atoms with van der Waals surface area (Å²) in [6.07, 6.45) is 0. The lowest BCUT2D eigenvalue weighted by Gasteiger charge is -2.07. The molecule has 4 rings (SSSR count). The van der Waals surface area contributed by atoms with Crippen molar-refractivity contribution >= 4 is 45.7 Å². The number of nitrogens with one attached hydrogen (secondary N) is 1. The minimum Gasteiger partial charge on any atom is -0.497 e. The maximum atomic E-state index is 13.0. The summed E-state index contributed by atoms with van der Waals surface area (Å²) in [5.74, 6) is 1.32. The summed E-state index contributed by atoms with van der Waals surface area (Å²) in [6.45, 7) is 1.97. The van der Waals surface area contributed by atoms with Gasteiger partial charge in [-0.25, -0.2) is 4.98 Å². The maximum Gasteiger partial charge on any atom is 0.291 e. The number of furan rings is 1. The molecule has 0 saturated carbocycles. The molecule has 2 aromatic carbocycles. The number of benzene rings is 2. The molecule has 0 spiro atoms. The van der Waals surface area contributed by atoms with Gasteiger partial charge in [-0.15, -0.1) is 11.3 Å². The number of carbonyl (C=O) groups excluding carboxylic acids is 1. The van der Waals surface area contributed by atoms with Crippen LogP contribution < -0.4 is 10.1 Å². The number of carbonyl (C=O) groups is 1. The molecule has 2 heterocycles. The Hall–Kier alpha value is -2.77. The van der Waals surface area contributed by atoms with Gasteiger partial charge in [-0.1, -0.05) is 36.0 Å². The van der Waals surface area contributed by atoms with Crippen LogP contribution >= 0.6 is 23.1 Å². The van der Waals surface area contributed by atoms with Gasteiger partial charge in [0.05, 0.1) is 7.11 Å². The topological polar surface area (TPSA) is 64.4 Å². The summed E-state index contributed by atoms with van der Waals surface area (Å²) in [5, 5.41) is 5.87. The van der Waals surface area contributed by atoms with E-state index in [0.717, 1.165) is 21.0 Å². The first-order valence-electron chi connectivity index (χ1n) is 8.65. The SMILES string of the molecule is COc1cccc(NC(=O)c2oc3ccccc3c2CSc2nc(C)cs2)c1. The molecule has 4 aromatic rings. The van der Waals surface area contributed by atoms with E-state index in [4.69, 9.17) is 9.15 Å². The van der Waals surface area contributed by atoms with E-state index in [1.54, 1.807) is 36.3 Å². The van der Waals surface area contributed by atoms with Gasteiger partial charge in [0, 0.05) is 39.5 Å². The minimum atomic E-state index is -0.282. The Bertz CT molecular complexity index is 1130. The highest BCUT2D eigenvalue weighted by molar-refractivity contribution is 8.00. The summed E-state index contributed by atoms with van der Waals surface area (Å²) in [4.78, 5) is 17.4. The van der Waals surface area contributed by atoms with E-state index in [9.17, 15) is 4.79 Å². The molecule has 7 heteroatoms. The van der Waals surface area contributed by atoms with Gasteiger partial charge in [0.25, 0.3) is 5.91 Å². The lowest BCUT2D eigenvalue weighted by Crippen LogP contribution is -2.12. The van der Waals surface area contributed by atoms with E-state index < -0.39 is 0 Å². The fraction of sp³-hybridized carbons (Fsp3) is 0.143. The van der Waals surface area contributed by atoms with Gasteiger partial charge in [-0.05, 0) is 25.1 Å². The Morgan fingerprint density at radius 3 is 2.89 bits per heavy atom. The Labute approximate surface area is 170 Å². The van der Waals surface area contributed by atoms with Gasteiger partial charge in [0.1, 0.15) is 15.7 Å². The molecule has 2 aromatic heterocycles. The van der Waals surface area contributed by atoms with Crippen molar-refractivity contribution in [1.82, 2.24) is 4.98 Å². The number of anilines is 1. The molecule has 1 amide bonds. The van der Waals surface area contributed by atoms with Crippen LogP contribution in [0.15, 0.2) is 62.7 Å². The summed E-state index contributed by atoms with van der Waals surface area (Å²) < 4.78 is 12.1. The summed E-state index contributed by atoms with van der Waals surface area (Å²) >= 11 is 3.21. The predicted molar refractivity (Wildman–Crippen MR) is 114 cm³/mol. The zero-order valence-corrected chi connectivity index (χ0v) is 17.0. The Balaban J connectivity index is 1.64. The molecule has 0 fully saturated rings. The summed E-state index contributed by atoms with van der Waals surface area (Å²) in [6, 6.07) is 14.9. The van der Waals surface area contributed by atoms with E-state index in [1.807, 2.05) is 54.8 Å². The number of fused-ring (bicyclic) bond motifs is 1. The average molecular weight is 411 g/mol. The van der Waals surface area contributed by atoms with E-state index in [-0.39, 0.29) is 5.91 Å². The van der Waals surface area contributed by atoms with Crippen LogP contribution in [0.5, 0.6) is 5.75 Å². The van der Waals surface area contributed by atoms with E-state index in [2.05, 4.69) is 10.3 Å². The van der Waals surface area contributed by atoms with E-state index in [1.165, 1.54) is 0 Å². The highest BCUT2D eigenvalue weighted by Gasteiger charge is 2.21. The summed E-state index contributed by atoms with van der Waals surface area (Å²) in [5.41, 5.74) is 3.22. The van der Waals surface area contributed by atoms with Crippen molar-refractivity contribution in [2.75, 3.05) is 12.4 Å². The standard InChI is InChI=1S/C21H18N2O3S2/c1-13-11-27-21(22-13)28-12-17-16-8-3-4-9-18(16)26-19(17)20(24)23-14-6-5-7-15(10-14)25-2/h3-11H,12H2,1-2H3,(H,23,24). The van der Waals surface area contributed by atoms with Gasteiger partial charge < -0.3 is 14.5 Å². The van der Waals surface area contributed by atoms with Gasteiger partial charge in [-0.3, -0.25) is 4.79 Å². The molecule has 1 N–H and O–H groups in total. The van der Waals surface area contributed by atoms with E-state index in [0.29, 0.717) is 28.5 Å². The summed E-state index contributed by atoms with van der Waals surface area (Å²) in [7, 11) is 1.59. The largest absolute Gasteiger partial charge is 0.497 e. The Morgan fingerprint density at radius 2 is 2.11 bits per heavy atom. The second-order valence-corrected chi connectivity index (χ2v) is 8.22. The van der Waals surface area contributed by atoms with Gasteiger partial charge >= 0.3 is 0 Å². The monoisotopic (exact) mass is 410 g/mol. The molecular weight excluding hydrogens is 392 g/mol. The fourth-order valence-electron chi connectivity index (χ4n) is 2.85. The molecule has 28 heavy (non-hydrogen) atoms. The molecule has 0 atom stereocenters. The number of aryl methyl sites for hydroxylation is 1. The van der Waals surface area contributed by atoms with E-state index >= 15 is 0 Å². The molecule has 0 bridgehead atoms. The lowest BCUT2D eigenvalue weighted by atomic mass is 10.1. The van der Waals surface area contributed by atoms with Crippen molar-refractivity contribution in [1.29, 1.82) is 0 Å². The van der Waals surface area contributed by atoms with Crippen LogP contribution in [0.4, 0.5) is 5.69 Å². The molecule has 5 nitrogen and oxygen atoms in total. The average Bonchev–Trinajstić information content (AvgIpc) is 3.29. The number of methoxy groups -OCH3 is 1. The highest BCUT2D eigenvalue weighted by atomic mass is 32.2. The van der Waals surface area contributed by atoms with Crippen LogP contribution in [-0.4, -0.2) is 18.0 Å². The number of hydrogen-bond acceptors (Lipinski definition) is 6. The third-order valence-corrected chi connectivity index (χ3v) is 6.34. The predicted octanol–water partition coefficient (Wildman–Crippen LogP) is 5.75. The first-order chi connectivity index (χ1) is 13.6. The van der Waals surface area contributed by atoms with Crippen molar-refractivity contribution in [2.24, 2.45) is 0 Å². The van der Waals surface area contributed by atoms with Crippen LogP contribution in [0.25, 0.3) is 11.0 Å². The van der Waals surface area contributed by atoms with Crippen LogP contribution in [0, 0.1) is 6.92 Å². The smallest absolute Gasteiger partial charge is 0.291 e. The number of ether oxygens (including phenoxy) is 1. The van der Waals surface area contributed by atoms with Crippen LogP contribution in [0.3, 0.4) is 0 Å². The minimum absolute atomic E-state index is 0.282. The molecule has 0 unspecified atom stereocenters. The van der Waals surface area contributed by atoms with Gasteiger partial charge in [0.2, 0.25) is 0 Å². The van der Waals surface area contributed by atoms with Crippen molar-refractivity contribution < 1.29 is 13.9 Å². The van der Waals surface area contributed by atoms with Gasteiger partial charge in [-0.2, -0.15) is 0 Å². The molecule has 0 aliphatic carbocycles. The maximum absolute atomic E-state index is 13.0. The van der Waals surface area contributed by atoms with Crippen LogP contribution in [0.2, 0.25) is 0 Å². The Morgan fingerprint density at radius 1 is 1.25 bits per heavy atom. The van der Waals surface area contributed by atoms with Crippen molar-refractivity contribution in [3.63, 3.8) is 0 Å². The number of aromatic nitrogens is 1. The number of rotatable bonds is 6.